The number of ether oxygens (including phenoxy) is 1. The van der Waals surface area contributed by atoms with Crippen molar-refractivity contribution in [3.05, 3.63) is 58.7 Å². The van der Waals surface area contributed by atoms with Gasteiger partial charge in [-0.15, -0.1) is 0 Å². The number of hydrogen-bond acceptors (Lipinski definition) is 3. The summed E-state index contributed by atoms with van der Waals surface area (Å²) >= 11 is 0. The molecule has 1 aliphatic heterocycles. The van der Waals surface area contributed by atoms with Crippen molar-refractivity contribution in [3.63, 3.8) is 0 Å². The Labute approximate surface area is 147 Å². The van der Waals surface area contributed by atoms with E-state index in [1.54, 1.807) is 7.05 Å². The Kier molecular flexibility index (Phi) is 3.86. The van der Waals surface area contributed by atoms with E-state index in [0.717, 1.165) is 41.4 Å². The van der Waals surface area contributed by atoms with Gasteiger partial charge < -0.3 is 14.6 Å². The lowest BCUT2D eigenvalue weighted by Crippen LogP contribution is -2.35. The molecular formula is C20H23N3O2. The van der Waals surface area contributed by atoms with Crippen LogP contribution in [0.1, 0.15) is 41.7 Å². The number of aryl methyl sites for hydroxylation is 1. The number of aromatic nitrogens is 2. The molecule has 0 bridgehead atoms. The van der Waals surface area contributed by atoms with E-state index in [0.29, 0.717) is 6.42 Å². The van der Waals surface area contributed by atoms with Gasteiger partial charge in [-0.25, -0.2) is 4.98 Å². The van der Waals surface area contributed by atoms with Crippen molar-refractivity contribution >= 4 is 11.7 Å². The quantitative estimate of drug-likeness (QED) is 0.917. The van der Waals surface area contributed by atoms with E-state index >= 15 is 0 Å². The molecular weight excluding hydrogens is 314 g/mol. The molecule has 0 saturated heterocycles. The fourth-order valence-electron chi connectivity index (χ4n) is 3.93. The molecule has 0 fully saturated rings. The largest absolute Gasteiger partial charge is 0.483 e. The number of carbonyl (C=O) groups is 1. The highest BCUT2D eigenvalue weighted by Crippen LogP contribution is 2.45. The first-order valence-corrected chi connectivity index (χ1v) is 8.79. The zero-order chi connectivity index (χ0) is 17.6. The highest BCUT2D eigenvalue weighted by Gasteiger charge is 2.39. The van der Waals surface area contributed by atoms with Crippen LogP contribution < -0.4 is 5.32 Å². The number of nitrogens with one attached hydrogen (secondary N) is 1. The van der Waals surface area contributed by atoms with E-state index < -0.39 is 0 Å². The maximum atomic E-state index is 12.5. The van der Waals surface area contributed by atoms with Crippen LogP contribution in [0.4, 0.5) is 0 Å². The van der Waals surface area contributed by atoms with Crippen LogP contribution in [0.2, 0.25) is 0 Å². The maximum absolute atomic E-state index is 12.5. The molecule has 2 unspecified atom stereocenters. The average Bonchev–Trinajstić information content (AvgIpc) is 2.95. The standard InChI is InChI=1S/C20H23N3O2/c1-12-22-18-16(23(12)3)11-15(20(24)21-2)14-9-10-17(25-19(14)18)13-7-5-4-6-8-13/h4-8,15,17H,9-11H2,1-3H3,(H,21,24). The summed E-state index contributed by atoms with van der Waals surface area (Å²) in [5.41, 5.74) is 4.26. The second kappa shape index (κ2) is 6.06. The van der Waals surface area contributed by atoms with Gasteiger partial charge in [-0.2, -0.15) is 0 Å². The zero-order valence-corrected chi connectivity index (χ0v) is 14.9. The predicted octanol–water partition coefficient (Wildman–Crippen LogP) is 2.91. The Morgan fingerprint density at radius 2 is 2.08 bits per heavy atom. The van der Waals surface area contributed by atoms with Crippen LogP contribution in [0, 0.1) is 12.8 Å². The molecule has 1 N–H and O–H groups in total. The van der Waals surface area contributed by atoms with Crippen molar-refractivity contribution in [2.24, 2.45) is 13.0 Å². The van der Waals surface area contributed by atoms with Gasteiger partial charge in [-0.05, 0) is 30.9 Å². The van der Waals surface area contributed by atoms with E-state index in [9.17, 15) is 4.79 Å². The Morgan fingerprint density at radius 3 is 2.80 bits per heavy atom. The van der Waals surface area contributed by atoms with Gasteiger partial charge in [0.15, 0.2) is 0 Å². The second-order valence-electron chi connectivity index (χ2n) is 6.79. The fourth-order valence-corrected chi connectivity index (χ4v) is 3.93. The van der Waals surface area contributed by atoms with Gasteiger partial charge in [-0.3, -0.25) is 4.79 Å². The molecule has 2 aromatic rings. The van der Waals surface area contributed by atoms with Gasteiger partial charge >= 0.3 is 0 Å². The molecule has 0 radical (unpaired) electrons. The van der Waals surface area contributed by atoms with Crippen LogP contribution >= 0.6 is 0 Å². The van der Waals surface area contributed by atoms with Crippen LogP contribution in [0.5, 0.6) is 0 Å². The van der Waals surface area contributed by atoms with Gasteiger partial charge in [0.1, 0.15) is 23.4 Å². The third kappa shape index (κ3) is 2.54. The van der Waals surface area contributed by atoms with Crippen LogP contribution in [-0.2, 0) is 23.0 Å². The third-order valence-electron chi connectivity index (χ3n) is 5.43. The van der Waals surface area contributed by atoms with E-state index in [1.165, 1.54) is 5.56 Å². The first-order valence-electron chi connectivity index (χ1n) is 8.79. The molecule has 4 rings (SSSR count). The van der Waals surface area contributed by atoms with Gasteiger partial charge in [0.2, 0.25) is 5.91 Å². The minimum absolute atomic E-state index is 0.0125. The monoisotopic (exact) mass is 337 g/mol. The van der Waals surface area contributed by atoms with Crippen molar-refractivity contribution in [2.75, 3.05) is 7.05 Å². The topological polar surface area (TPSA) is 56.2 Å². The molecule has 5 heteroatoms. The summed E-state index contributed by atoms with van der Waals surface area (Å²) in [7, 11) is 3.70. The maximum Gasteiger partial charge on any atom is 0.227 e. The fraction of sp³-hybridized carbons (Fsp3) is 0.400. The van der Waals surface area contributed by atoms with Gasteiger partial charge in [-0.1, -0.05) is 30.3 Å². The number of nitrogens with zero attached hydrogens (tertiary/aromatic N) is 2. The van der Waals surface area contributed by atoms with Crippen LogP contribution in [-0.4, -0.2) is 22.5 Å². The predicted molar refractivity (Wildman–Crippen MR) is 95.6 cm³/mol. The van der Waals surface area contributed by atoms with Crippen molar-refractivity contribution < 1.29 is 9.53 Å². The normalized spacial score (nSPS) is 22.0. The number of fused-ring (bicyclic) bond motifs is 2. The molecule has 5 nitrogen and oxygen atoms in total. The van der Waals surface area contributed by atoms with Crippen molar-refractivity contribution in [2.45, 2.75) is 32.3 Å². The summed E-state index contributed by atoms with van der Waals surface area (Å²) in [6, 6.07) is 10.3. The lowest BCUT2D eigenvalue weighted by molar-refractivity contribution is -0.123. The minimum Gasteiger partial charge on any atom is -0.483 e. The lowest BCUT2D eigenvalue weighted by Gasteiger charge is -2.34. The summed E-state index contributed by atoms with van der Waals surface area (Å²) in [5, 5.41) is 2.81. The highest BCUT2D eigenvalue weighted by atomic mass is 16.5. The number of rotatable bonds is 2. The molecule has 1 aromatic carbocycles. The summed E-state index contributed by atoms with van der Waals surface area (Å²) in [5.74, 6) is 1.65. The Balaban J connectivity index is 1.79. The third-order valence-corrected chi connectivity index (χ3v) is 5.43. The Bertz CT molecular complexity index is 851. The summed E-state index contributed by atoms with van der Waals surface area (Å²) in [6.45, 7) is 1.99. The van der Waals surface area contributed by atoms with Crippen LogP contribution in [0.15, 0.2) is 35.9 Å². The molecule has 130 valence electrons. The first kappa shape index (κ1) is 15.9. The molecule has 0 saturated carbocycles. The van der Waals surface area contributed by atoms with E-state index in [2.05, 4.69) is 22.0 Å². The van der Waals surface area contributed by atoms with Crippen molar-refractivity contribution in [3.8, 4) is 0 Å². The smallest absolute Gasteiger partial charge is 0.227 e. The zero-order valence-electron chi connectivity index (χ0n) is 14.9. The number of amides is 1. The molecule has 1 aromatic heterocycles. The molecule has 0 spiro atoms. The number of hydrogen-bond donors (Lipinski definition) is 1. The second-order valence-corrected chi connectivity index (χ2v) is 6.79. The summed E-state index contributed by atoms with van der Waals surface area (Å²) in [6.07, 6.45) is 2.45. The van der Waals surface area contributed by atoms with Crippen molar-refractivity contribution in [1.29, 1.82) is 0 Å². The molecule has 2 atom stereocenters. The SMILES string of the molecule is CNC(=O)C1Cc2c(nc(C)n2C)C2=C1CCC(c1ccccc1)O2. The van der Waals surface area contributed by atoms with Gasteiger partial charge in [0, 0.05) is 26.2 Å². The van der Waals surface area contributed by atoms with Crippen molar-refractivity contribution in [1.82, 2.24) is 14.9 Å². The molecule has 2 heterocycles. The number of imidazole rings is 1. The van der Waals surface area contributed by atoms with E-state index in [4.69, 9.17) is 9.72 Å². The van der Waals surface area contributed by atoms with Crippen LogP contribution in [0.25, 0.3) is 5.76 Å². The molecule has 25 heavy (non-hydrogen) atoms. The minimum atomic E-state index is -0.168. The molecule has 1 amide bonds. The lowest BCUT2D eigenvalue weighted by atomic mass is 9.81. The number of benzene rings is 1. The van der Waals surface area contributed by atoms with E-state index in [-0.39, 0.29) is 17.9 Å². The average molecular weight is 337 g/mol. The first-order chi connectivity index (χ1) is 12.1. The molecule has 1 aliphatic carbocycles. The van der Waals surface area contributed by atoms with Gasteiger partial charge in [0.25, 0.3) is 0 Å². The highest BCUT2D eigenvalue weighted by molar-refractivity contribution is 5.86. The van der Waals surface area contributed by atoms with Crippen LogP contribution in [0.3, 0.4) is 0 Å². The van der Waals surface area contributed by atoms with Gasteiger partial charge in [0.05, 0.1) is 5.92 Å². The van der Waals surface area contributed by atoms with E-state index in [1.807, 2.05) is 32.2 Å². The summed E-state index contributed by atoms with van der Waals surface area (Å²) < 4.78 is 8.49. The Morgan fingerprint density at radius 1 is 1.32 bits per heavy atom. The summed E-state index contributed by atoms with van der Waals surface area (Å²) in [4.78, 5) is 17.2. The molecule has 2 aliphatic rings. The Hall–Kier alpha value is -2.56. The number of carbonyl (C=O) groups excluding carboxylic acids is 1.